The molecule has 0 aliphatic rings. The van der Waals surface area contributed by atoms with Crippen molar-refractivity contribution < 1.29 is 0 Å². The van der Waals surface area contributed by atoms with Gasteiger partial charge in [-0.1, -0.05) is 44.2 Å². The van der Waals surface area contributed by atoms with E-state index < -0.39 is 0 Å². The predicted octanol–water partition coefficient (Wildman–Crippen LogP) is 3.33. The molecule has 1 aromatic carbocycles. The first kappa shape index (κ1) is 11.8. The number of nitrogens with zero attached hydrogens (tertiary/aromatic N) is 1. The maximum atomic E-state index is 5.73. The molecule has 0 atom stereocenters. The Hall–Kier alpha value is -1.67. The van der Waals surface area contributed by atoms with Gasteiger partial charge in [-0.25, -0.2) is 0 Å². The zero-order valence-corrected chi connectivity index (χ0v) is 10.4. The lowest BCUT2D eigenvalue weighted by atomic mass is 9.99. The first-order valence-electron chi connectivity index (χ1n) is 5.96. The minimum absolute atomic E-state index is 0.523. The monoisotopic (exact) mass is 226 g/mol. The molecule has 1 aromatic heterocycles. The van der Waals surface area contributed by atoms with Gasteiger partial charge in [-0.2, -0.15) is 0 Å². The third kappa shape index (κ3) is 2.53. The van der Waals surface area contributed by atoms with Crippen LogP contribution < -0.4 is 5.73 Å². The third-order valence-electron chi connectivity index (χ3n) is 2.96. The molecule has 0 amide bonds. The first-order chi connectivity index (χ1) is 8.22. The lowest BCUT2D eigenvalue weighted by molar-refractivity contribution is 0.867. The molecule has 2 aromatic rings. The molecule has 0 saturated heterocycles. The summed E-state index contributed by atoms with van der Waals surface area (Å²) in [5, 5.41) is 0. The standard InChI is InChI=1S/C15H18N2/c1-11(2)12-5-7-13(8-6-12)15-14(10-16)4-3-9-17-15/h3-9,11H,10,16H2,1-2H3. The molecular weight excluding hydrogens is 208 g/mol. The van der Waals surface area contributed by atoms with Crippen LogP contribution in [0.4, 0.5) is 0 Å². The summed E-state index contributed by atoms with van der Waals surface area (Å²) >= 11 is 0. The number of aromatic nitrogens is 1. The molecule has 2 nitrogen and oxygen atoms in total. The van der Waals surface area contributed by atoms with Crippen molar-refractivity contribution in [1.29, 1.82) is 0 Å². The summed E-state index contributed by atoms with van der Waals surface area (Å²) < 4.78 is 0. The Kier molecular flexibility index (Phi) is 3.55. The fourth-order valence-corrected chi connectivity index (χ4v) is 1.89. The van der Waals surface area contributed by atoms with E-state index in [4.69, 9.17) is 5.73 Å². The quantitative estimate of drug-likeness (QED) is 0.871. The van der Waals surface area contributed by atoms with Crippen LogP contribution in [0.25, 0.3) is 11.3 Å². The second-order valence-electron chi connectivity index (χ2n) is 4.49. The Morgan fingerprint density at radius 2 is 1.82 bits per heavy atom. The van der Waals surface area contributed by atoms with Crippen molar-refractivity contribution in [3.8, 4) is 11.3 Å². The van der Waals surface area contributed by atoms with E-state index in [2.05, 4.69) is 43.1 Å². The van der Waals surface area contributed by atoms with Crippen molar-refractivity contribution in [2.24, 2.45) is 5.73 Å². The van der Waals surface area contributed by atoms with Crippen molar-refractivity contribution in [3.05, 3.63) is 53.7 Å². The van der Waals surface area contributed by atoms with Crippen LogP contribution in [0.1, 0.15) is 30.9 Å². The maximum absolute atomic E-state index is 5.73. The van der Waals surface area contributed by atoms with E-state index in [9.17, 15) is 0 Å². The van der Waals surface area contributed by atoms with Crippen LogP contribution in [0.2, 0.25) is 0 Å². The molecule has 0 spiro atoms. The van der Waals surface area contributed by atoms with Crippen LogP contribution in [0.15, 0.2) is 42.6 Å². The SMILES string of the molecule is CC(C)c1ccc(-c2ncccc2CN)cc1. The molecule has 0 bridgehead atoms. The predicted molar refractivity (Wildman–Crippen MR) is 71.7 cm³/mol. The summed E-state index contributed by atoms with van der Waals surface area (Å²) in [6.07, 6.45) is 1.81. The maximum Gasteiger partial charge on any atom is 0.0746 e. The fourth-order valence-electron chi connectivity index (χ4n) is 1.89. The Morgan fingerprint density at radius 1 is 1.12 bits per heavy atom. The van der Waals surface area contributed by atoms with Gasteiger partial charge < -0.3 is 5.73 Å². The molecule has 0 fully saturated rings. The van der Waals surface area contributed by atoms with Crippen molar-refractivity contribution >= 4 is 0 Å². The smallest absolute Gasteiger partial charge is 0.0746 e. The van der Waals surface area contributed by atoms with Gasteiger partial charge in [0.05, 0.1) is 5.69 Å². The summed E-state index contributed by atoms with van der Waals surface area (Å²) in [5.74, 6) is 0.557. The van der Waals surface area contributed by atoms with Crippen LogP contribution in [0, 0.1) is 0 Å². The van der Waals surface area contributed by atoms with Crippen molar-refractivity contribution in [2.45, 2.75) is 26.3 Å². The highest BCUT2D eigenvalue weighted by Gasteiger charge is 2.05. The highest BCUT2D eigenvalue weighted by Crippen LogP contribution is 2.23. The fraction of sp³-hybridized carbons (Fsp3) is 0.267. The Bertz CT molecular complexity index is 487. The highest BCUT2D eigenvalue weighted by molar-refractivity contribution is 5.63. The third-order valence-corrected chi connectivity index (χ3v) is 2.96. The number of rotatable bonds is 3. The van der Waals surface area contributed by atoms with Gasteiger partial charge in [0.1, 0.15) is 0 Å². The summed E-state index contributed by atoms with van der Waals surface area (Å²) in [4.78, 5) is 4.41. The average Bonchev–Trinajstić information content (AvgIpc) is 2.39. The molecule has 2 rings (SSSR count). The minimum atomic E-state index is 0.523. The van der Waals surface area contributed by atoms with Crippen LogP contribution in [-0.2, 0) is 6.54 Å². The number of hydrogen-bond acceptors (Lipinski definition) is 2. The number of pyridine rings is 1. The summed E-state index contributed by atoms with van der Waals surface area (Å²) in [5.41, 5.74) is 10.3. The van der Waals surface area contributed by atoms with E-state index in [1.54, 1.807) is 0 Å². The normalized spacial score (nSPS) is 10.8. The first-order valence-corrected chi connectivity index (χ1v) is 5.96. The molecule has 0 unspecified atom stereocenters. The van der Waals surface area contributed by atoms with Gasteiger partial charge in [-0.3, -0.25) is 4.98 Å². The molecule has 1 heterocycles. The van der Waals surface area contributed by atoms with E-state index in [0.29, 0.717) is 12.5 Å². The van der Waals surface area contributed by atoms with Gasteiger partial charge in [0.15, 0.2) is 0 Å². The zero-order chi connectivity index (χ0) is 12.3. The minimum Gasteiger partial charge on any atom is -0.326 e. The van der Waals surface area contributed by atoms with E-state index >= 15 is 0 Å². The van der Waals surface area contributed by atoms with Crippen LogP contribution in [-0.4, -0.2) is 4.98 Å². The van der Waals surface area contributed by atoms with Gasteiger partial charge >= 0.3 is 0 Å². The van der Waals surface area contributed by atoms with Crippen LogP contribution in [0.5, 0.6) is 0 Å². The van der Waals surface area contributed by atoms with Gasteiger partial charge in [0.25, 0.3) is 0 Å². The van der Waals surface area contributed by atoms with E-state index in [0.717, 1.165) is 16.8 Å². The van der Waals surface area contributed by atoms with Crippen LogP contribution in [0.3, 0.4) is 0 Å². The van der Waals surface area contributed by atoms with Gasteiger partial charge in [-0.15, -0.1) is 0 Å². The van der Waals surface area contributed by atoms with Crippen molar-refractivity contribution in [2.75, 3.05) is 0 Å². The molecule has 2 heteroatoms. The summed E-state index contributed by atoms with van der Waals surface area (Å²) in [7, 11) is 0. The van der Waals surface area contributed by atoms with Crippen LogP contribution >= 0.6 is 0 Å². The van der Waals surface area contributed by atoms with Gasteiger partial charge in [-0.05, 0) is 23.1 Å². The van der Waals surface area contributed by atoms with Gasteiger partial charge in [0.2, 0.25) is 0 Å². The van der Waals surface area contributed by atoms with Gasteiger partial charge in [0, 0.05) is 18.3 Å². The summed E-state index contributed by atoms with van der Waals surface area (Å²) in [6, 6.07) is 12.5. The Balaban J connectivity index is 2.40. The van der Waals surface area contributed by atoms with Crippen molar-refractivity contribution in [3.63, 3.8) is 0 Å². The summed E-state index contributed by atoms with van der Waals surface area (Å²) in [6.45, 7) is 4.91. The molecule has 0 aliphatic carbocycles. The molecular formula is C15H18N2. The highest BCUT2D eigenvalue weighted by atomic mass is 14.7. The van der Waals surface area contributed by atoms with E-state index in [1.165, 1.54) is 5.56 Å². The zero-order valence-electron chi connectivity index (χ0n) is 10.4. The molecule has 0 aliphatic heterocycles. The van der Waals surface area contributed by atoms with E-state index in [1.807, 2.05) is 18.3 Å². The Labute approximate surface area is 103 Å². The second-order valence-corrected chi connectivity index (χ2v) is 4.49. The van der Waals surface area contributed by atoms with E-state index in [-0.39, 0.29) is 0 Å². The molecule has 0 radical (unpaired) electrons. The lowest BCUT2D eigenvalue weighted by Crippen LogP contribution is -2.00. The Morgan fingerprint density at radius 3 is 2.41 bits per heavy atom. The average molecular weight is 226 g/mol. The number of hydrogen-bond donors (Lipinski definition) is 1. The molecule has 17 heavy (non-hydrogen) atoms. The number of benzene rings is 1. The molecule has 2 N–H and O–H groups in total. The largest absolute Gasteiger partial charge is 0.326 e. The topological polar surface area (TPSA) is 38.9 Å². The number of nitrogens with two attached hydrogens (primary N) is 1. The lowest BCUT2D eigenvalue weighted by Gasteiger charge is -2.09. The van der Waals surface area contributed by atoms with Crippen molar-refractivity contribution in [1.82, 2.24) is 4.98 Å². The molecule has 88 valence electrons. The molecule has 0 saturated carbocycles. The second kappa shape index (κ2) is 5.11.